The number of benzene rings is 2. The predicted molar refractivity (Wildman–Crippen MR) is 153 cm³/mol. The van der Waals surface area contributed by atoms with E-state index in [1.165, 1.54) is 48.1 Å². The number of fused-ring (bicyclic) bond motifs is 3. The number of aromatic nitrogens is 2. The monoisotopic (exact) mass is 500 g/mol. The minimum absolute atomic E-state index is 0.0985. The topological polar surface area (TPSA) is 51.4 Å². The number of hydrogen-bond acceptors (Lipinski definition) is 4. The van der Waals surface area contributed by atoms with Gasteiger partial charge in [0.2, 0.25) is 0 Å². The fourth-order valence-electron chi connectivity index (χ4n) is 4.95. The Morgan fingerprint density at radius 3 is 2.38 bits per heavy atom. The Kier molecular flexibility index (Phi) is 9.20. The SMILES string of the molecule is C1CCNC1.CC.CN1CCc2c(n(C)c3cc(-n4ccc(OCc5ccccc5)cc4=O)ccc23)C1. The minimum atomic E-state index is -0.0985. The summed E-state index contributed by atoms with van der Waals surface area (Å²) in [6.07, 6.45) is 5.64. The Labute approximate surface area is 220 Å². The summed E-state index contributed by atoms with van der Waals surface area (Å²) in [5, 5.41) is 4.51. The maximum absolute atomic E-state index is 12.8. The third-order valence-electron chi connectivity index (χ3n) is 6.96. The number of aryl methyl sites for hydroxylation is 1. The molecule has 37 heavy (non-hydrogen) atoms. The second-order valence-corrected chi connectivity index (χ2v) is 9.48. The summed E-state index contributed by atoms with van der Waals surface area (Å²) in [5.74, 6) is 0.582. The Balaban J connectivity index is 0.000000403. The smallest absolute Gasteiger partial charge is 0.258 e. The Morgan fingerprint density at radius 2 is 1.70 bits per heavy atom. The van der Waals surface area contributed by atoms with E-state index < -0.39 is 0 Å². The van der Waals surface area contributed by atoms with Gasteiger partial charge in [-0.15, -0.1) is 0 Å². The summed E-state index contributed by atoms with van der Waals surface area (Å²) in [4.78, 5) is 15.1. The van der Waals surface area contributed by atoms with Gasteiger partial charge < -0.3 is 19.5 Å². The van der Waals surface area contributed by atoms with E-state index in [4.69, 9.17) is 4.74 Å². The normalized spacial score (nSPS) is 14.8. The highest BCUT2D eigenvalue weighted by Crippen LogP contribution is 2.31. The van der Waals surface area contributed by atoms with E-state index in [9.17, 15) is 4.79 Å². The molecule has 4 aromatic rings. The molecule has 0 bridgehead atoms. The first-order chi connectivity index (χ1) is 18.1. The van der Waals surface area contributed by atoms with Crippen LogP contribution in [0.2, 0.25) is 0 Å². The van der Waals surface area contributed by atoms with Crippen LogP contribution < -0.4 is 15.6 Å². The van der Waals surface area contributed by atoms with Crippen molar-refractivity contribution in [2.45, 2.75) is 46.3 Å². The number of pyridine rings is 1. The molecule has 1 N–H and O–H groups in total. The molecule has 6 rings (SSSR count). The highest BCUT2D eigenvalue weighted by Gasteiger charge is 2.21. The van der Waals surface area contributed by atoms with E-state index >= 15 is 0 Å². The zero-order chi connectivity index (χ0) is 26.2. The lowest BCUT2D eigenvalue weighted by molar-refractivity contribution is 0.305. The Hall–Kier alpha value is -3.35. The molecular weight excluding hydrogens is 460 g/mol. The minimum Gasteiger partial charge on any atom is -0.489 e. The van der Waals surface area contributed by atoms with Gasteiger partial charge in [-0.1, -0.05) is 50.2 Å². The van der Waals surface area contributed by atoms with E-state index in [1.54, 1.807) is 16.8 Å². The molecule has 0 spiro atoms. The van der Waals surface area contributed by atoms with Gasteiger partial charge in [-0.25, -0.2) is 0 Å². The van der Waals surface area contributed by atoms with Gasteiger partial charge >= 0.3 is 0 Å². The van der Waals surface area contributed by atoms with Crippen molar-refractivity contribution in [2.24, 2.45) is 7.05 Å². The van der Waals surface area contributed by atoms with Crippen molar-refractivity contribution in [1.29, 1.82) is 0 Å². The average Bonchev–Trinajstić information content (AvgIpc) is 3.61. The zero-order valence-electron chi connectivity index (χ0n) is 22.7. The van der Waals surface area contributed by atoms with Crippen LogP contribution in [-0.2, 0) is 26.6 Å². The first kappa shape index (κ1) is 26.7. The molecule has 2 aliphatic rings. The number of nitrogens with one attached hydrogen (secondary N) is 1. The average molecular weight is 501 g/mol. The first-order valence-corrected chi connectivity index (χ1v) is 13.5. The molecule has 0 aliphatic carbocycles. The number of hydrogen-bond donors (Lipinski definition) is 1. The largest absolute Gasteiger partial charge is 0.489 e. The molecule has 0 atom stereocenters. The number of likely N-dealkylation sites (N-methyl/N-ethyl adjacent to an activating group) is 1. The molecule has 196 valence electrons. The molecule has 1 fully saturated rings. The second kappa shape index (κ2) is 12.7. The molecule has 0 unspecified atom stereocenters. The van der Waals surface area contributed by atoms with Crippen molar-refractivity contribution in [2.75, 3.05) is 26.7 Å². The van der Waals surface area contributed by atoms with Gasteiger partial charge in [0.15, 0.2) is 0 Å². The molecule has 0 radical (unpaired) electrons. The van der Waals surface area contributed by atoms with Crippen LogP contribution in [-0.4, -0.2) is 40.7 Å². The molecule has 2 aromatic heterocycles. The summed E-state index contributed by atoms with van der Waals surface area (Å²) in [5.41, 5.74) is 5.82. The van der Waals surface area contributed by atoms with Crippen LogP contribution in [0.15, 0.2) is 71.7 Å². The lowest BCUT2D eigenvalue weighted by Crippen LogP contribution is -2.27. The zero-order valence-corrected chi connectivity index (χ0v) is 22.7. The lowest BCUT2D eigenvalue weighted by Gasteiger charge is -2.23. The van der Waals surface area contributed by atoms with Gasteiger partial charge in [-0.05, 0) is 68.7 Å². The van der Waals surface area contributed by atoms with Crippen molar-refractivity contribution in [1.82, 2.24) is 19.4 Å². The fourth-order valence-corrected chi connectivity index (χ4v) is 4.95. The third-order valence-corrected chi connectivity index (χ3v) is 6.96. The van der Waals surface area contributed by atoms with Crippen molar-refractivity contribution in [3.05, 3.63) is 94.0 Å². The van der Waals surface area contributed by atoms with Gasteiger partial charge in [-0.2, -0.15) is 0 Å². The van der Waals surface area contributed by atoms with Crippen LogP contribution in [0.1, 0.15) is 43.5 Å². The molecule has 4 heterocycles. The third kappa shape index (κ3) is 6.32. The van der Waals surface area contributed by atoms with Gasteiger partial charge in [-0.3, -0.25) is 9.36 Å². The molecule has 2 aliphatic heterocycles. The van der Waals surface area contributed by atoms with Crippen molar-refractivity contribution < 1.29 is 4.74 Å². The van der Waals surface area contributed by atoms with Crippen molar-refractivity contribution in [3.63, 3.8) is 0 Å². The van der Waals surface area contributed by atoms with Crippen molar-refractivity contribution in [3.8, 4) is 11.4 Å². The summed E-state index contributed by atoms with van der Waals surface area (Å²) >= 11 is 0. The van der Waals surface area contributed by atoms with Crippen LogP contribution in [0.4, 0.5) is 0 Å². The molecule has 2 aromatic carbocycles. The first-order valence-electron chi connectivity index (χ1n) is 13.5. The van der Waals surface area contributed by atoms with E-state index in [-0.39, 0.29) is 5.56 Å². The van der Waals surface area contributed by atoms with Gasteiger partial charge in [0.1, 0.15) is 12.4 Å². The molecular formula is C31H40N4O2. The van der Waals surface area contributed by atoms with E-state index in [2.05, 4.69) is 41.0 Å². The van der Waals surface area contributed by atoms with Crippen LogP contribution in [0, 0.1) is 0 Å². The summed E-state index contributed by atoms with van der Waals surface area (Å²) in [6, 6.07) is 19.6. The number of rotatable bonds is 4. The number of ether oxygens (including phenoxy) is 1. The molecule has 6 nitrogen and oxygen atoms in total. The molecule has 0 saturated carbocycles. The maximum atomic E-state index is 12.8. The molecule has 0 amide bonds. The van der Waals surface area contributed by atoms with Gasteiger partial charge in [0.05, 0.1) is 11.2 Å². The Bertz CT molecular complexity index is 1350. The van der Waals surface area contributed by atoms with E-state index in [0.29, 0.717) is 12.4 Å². The van der Waals surface area contributed by atoms with Crippen LogP contribution in [0.3, 0.4) is 0 Å². The molecule has 6 heteroatoms. The fraction of sp³-hybridized carbons (Fsp3) is 0.387. The highest BCUT2D eigenvalue weighted by molar-refractivity contribution is 5.87. The lowest BCUT2D eigenvalue weighted by atomic mass is 10.0. The number of nitrogens with zero attached hydrogens (tertiary/aromatic N) is 3. The highest BCUT2D eigenvalue weighted by atomic mass is 16.5. The van der Waals surface area contributed by atoms with Crippen LogP contribution in [0.25, 0.3) is 16.6 Å². The Morgan fingerprint density at radius 1 is 0.946 bits per heavy atom. The van der Waals surface area contributed by atoms with Crippen LogP contribution >= 0.6 is 0 Å². The molecule has 1 saturated heterocycles. The summed E-state index contributed by atoms with van der Waals surface area (Å²) < 4.78 is 9.74. The van der Waals surface area contributed by atoms with E-state index in [1.807, 2.05) is 56.3 Å². The standard InChI is InChI=1S/C25H25N3O2.C4H9N.C2H6/c1-26-12-11-22-21-9-8-19(14-23(21)27(2)24(22)16-26)28-13-10-20(15-25(28)29)30-17-18-6-4-3-5-7-18;1-2-4-5-3-1;1-2/h3-10,13-15H,11-12,16-17H2,1-2H3;5H,1-4H2;1-2H3. The summed E-state index contributed by atoms with van der Waals surface area (Å²) in [7, 11) is 4.28. The maximum Gasteiger partial charge on any atom is 0.258 e. The van der Waals surface area contributed by atoms with Crippen LogP contribution in [0.5, 0.6) is 5.75 Å². The second-order valence-electron chi connectivity index (χ2n) is 9.48. The van der Waals surface area contributed by atoms with Crippen molar-refractivity contribution >= 4 is 10.9 Å². The predicted octanol–water partition coefficient (Wildman–Crippen LogP) is 5.29. The summed E-state index contributed by atoms with van der Waals surface area (Å²) in [6.45, 7) is 8.99. The van der Waals surface area contributed by atoms with Gasteiger partial charge in [0, 0.05) is 43.5 Å². The van der Waals surface area contributed by atoms with Gasteiger partial charge in [0.25, 0.3) is 5.56 Å². The quantitative estimate of drug-likeness (QED) is 0.414. The van der Waals surface area contributed by atoms with E-state index in [0.717, 1.165) is 30.8 Å².